The first-order chi connectivity index (χ1) is 5.18. The Morgan fingerprint density at radius 2 is 1.91 bits per heavy atom. The number of carbonyl (C=O) groups is 1. The largest absolute Gasteiger partial charge is 0.299 e. The van der Waals surface area contributed by atoms with Crippen LogP contribution in [0.1, 0.15) is 12.5 Å². The zero-order chi connectivity index (χ0) is 8.27. The monoisotopic (exact) mass is 167 g/mol. The number of ketones is 1. The second-order valence-corrected chi connectivity index (χ2v) is 2.74. The Bertz CT molecular complexity index is 251. The van der Waals surface area contributed by atoms with Gasteiger partial charge in [-0.3, -0.25) is 4.79 Å². The molecule has 0 atom stereocenters. The Morgan fingerprint density at radius 1 is 1.36 bits per heavy atom. The van der Waals surface area contributed by atoms with Crippen molar-refractivity contribution < 1.29 is 4.79 Å². The van der Waals surface area contributed by atoms with Gasteiger partial charge in [0, 0.05) is 5.02 Å². The summed E-state index contributed by atoms with van der Waals surface area (Å²) >= 11 is 5.65. The summed E-state index contributed by atoms with van der Waals surface area (Å²) in [7, 11) is 0. The molecule has 0 spiro atoms. The standard InChI is InChI=1S/C9H8ClO/c1-7(11)6-8-2-4-9(10)5-3-8/h2-6H,1H3. The summed E-state index contributed by atoms with van der Waals surface area (Å²) in [4.78, 5) is 10.6. The molecule has 0 aliphatic carbocycles. The summed E-state index contributed by atoms with van der Waals surface area (Å²) in [6, 6.07) is 7.14. The van der Waals surface area contributed by atoms with Crippen LogP contribution < -0.4 is 0 Å². The minimum Gasteiger partial charge on any atom is -0.299 e. The van der Waals surface area contributed by atoms with Gasteiger partial charge in [-0.25, -0.2) is 0 Å². The first kappa shape index (κ1) is 8.28. The molecule has 0 aliphatic rings. The van der Waals surface area contributed by atoms with Crippen molar-refractivity contribution in [2.24, 2.45) is 0 Å². The molecule has 1 aromatic rings. The highest BCUT2D eigenvalue weighted by Crippen LogP contribution is 2.10. The van der Waals surface area contributed by atoms with Crippen LogP contribution in [0.15, 0.2) is 24.3 Å². The summed E-state index contributed by atoms with van der Waals surface area (Å²) in [6.45, 7) is 1.52. The van der Waals surface area contributed by atoms with E-state index in [0.717, 1.165) is 5.56 Å². The molecule has 0 saturated heterocycles. The topological polar surface area (TPSA) is 17.1 Å². The van der Waals surface area contributed by atoms with Gasteiger partial charge in [0.25, 0.3) is 0 Å². The average molecular weight is 168 g/mol. The fraction of sp³-hybridized carbons (Fsp3) is 0.111. The molecular weight excluding hydrogens is 160 g/mol. The maximum absolute atomic E-state index is 10.6. The first-order valence-electron chi connectivity index (χ1n) is 3.29. The molecule has 1 radical (unpaired) electrons. The van der Waals surface area contributed by atoms with Gasteiger partial charge < -0.3 is 0 Å². The van der Waals surface area contributed by atoms with Crippen LogP contribution in [0.25, 0.3) is 0 Å². The van der Waals surface area contributed by atoms with Gasteiger partial charge in [-0.15, -0.1) is 0 Å². The van der Waals surface area contributed by atoms with E-state index in [-0.39, 0.29) is 5.78 Å². The zero-order valence-corrected chi connectivity index (χ0v) is 6.93. The Morgan fingerprint density at radius 3 is 2.36 bits per heavy atom. The van der Waals surface area contributed by atoms with Crippen LogP contribution in [0.3, 0.4) is 0 Å². The first-order valence-corrected chi connectivity index (χ1v) is 3.67. The predicted octanol–water partition coefficient (Wildman–Crippen LogP) is 2.48. The lowest BCUT2D eigenvalue weighted by molar-refractivity contribution is -0.113. The van der Waals surface area contributed by atoms with Gasteiger partial charge >= 0.3 is 0 Å². The van der Waals surface area contributed by atoms with Crippen molar-refractivity contribution in [1.82, 2.24) is 0 Å². The van der Waals surface area contributed by atoms with Crippen LogP contribution >= 0.6 is 11.6 Å². The number of benzene rings is 1. The molecule has 0 saturated carbocycles. The second-order valence-electron chi connectivity index (χ2n) is 2.31. The van der Waals surface area contributed by atoms with Crippen LogP contribution in [0.4, 0.5) is 0 Å². The molecule has 0 amide bonds. The van der Waals surface area contributed by atoms with E-state index in [9.17, 15) is 4.79 Å². The number of hydrogen-bond donors (Lipinski definition) is 0. The van der Waals surface area contributed by atoms with Crippen LogP contribution in [0, 0.1) is 6.42 Å². The molecule has 1 aromatic carbocycles. The van der Waals surface area contributed by atoms with Crippen LogP contribution in [-0.2, 0) is 4.79 Å². The normalized spacial score (nSPS) is 9.64. The van der Waals surface area contributed by atoms with E-state index >= 15 is 0 Å². The molecule has 11 heavy (non-hydrogen) atoms. The lowest BCUT2D eigenvalue weighted by Gasteiger charge is -1.95. The molecule has 0 N–H and O–H groups in total. The summed E-state index contributed by atoms with van der Waals surface area (Å²) in [5.41, 5.74) is 0.891. The van der Waals surface area contributed by atoms with Crippen molar-refractivity contribution in [3.8, 4) is 0 Å². The van der Waals surface area contributed by atoms with Crippen molar-refractivity contribution in [3.63, 3.8) is 0 Å². The van der Waals surface area contributed by atoms with Gasteiger partial charge in [-0.2, -0.15) is 0 Å². The molecule has 0 bridgehead atoms. The zero-order valence-electron chi connectivity index (χ0n) is 6.17. The molecule has 0 aromatic heterocycles. The molecule has 0 aliphatic heterocycles. The molecule has 0 unspecified atom stereocenters. The maximum atomic E-state index is 10.6. The Kier molecular flexibility index (Phi) is 2.66. The van der Waals surface area contributed by atoms with Gasteiger partial charge in [0.05, 0.1) is 6.42 Å². The Hall–Kier alpha value is -0.820. The maximum Gasteiger partial charge on any atom is 0.138 e. The Balaban J connectivity index is 2.74. The van der Waals surface area contributed by atoms with Gasteiger partial charge in [0.2, 0.25) is 0 Å². The highest BCUT2D eigenvalue weighted by molar-refractivity contribution is 6.30. The third-order valence-corrected chi connectivity index (χ3v) is 1.49. The summed E-state index contributed by atoms with van der Waals surface area (Å²) in [5.74, 6) is 0.0484. The van der Waals surface area contributed by atoms with Crippen molar-refractivity contribution in [3.05, 3.63) is 41.3 Å². The molecular formula is C9H8ClO. The molecule has 57 valence electrons. The SMILES string of the molecule is CC(=O)[CH]c1ccc(Cl)cc1. The fourth-order valence-electron chi connectivity index (χ4n) is 0.794. The average Bonchev–Trinajstić information content (AvgIpc) is 1.93. The number of hydrogen-bond acceptors (Lipinski definition) is 1. The van der Waals surface area contributed by atoms with Gasteiger partial charge in [-0.05, 0) is 24.6 Å². The van der Waals surface area contributed by atoms with E-state index in [4.69, 9.17) is 11.6 Å². The van der Waals surface area contributed by atoms with E-state index in [0.29, 0.717) is 5.02 Å². The van der Waals surface area contributed by atoms with Gasteiger partial charge in [0.15, 0.2) is 0 Å². The third-order valence-electron chi connectivity index (χ3n) is 1.24. The van der Waals surface area contributed by atoms with E-state index < -0.39 is 0 Å². The molecule has 0 heterocycles. The van der Waals surface area contributed by atoms with E-state index in [1.807, 2.05) is 12.1 Å². The molecule has 2 heteroatoms. The van der Waals surface area contributed by atoms with Crippen molar-refractivity contribution >= 4 is 17.4 Å². The lowest BCUT2D eigenvalue weighted by Crippen LogP contribution is -1.91. The third kappa shape index (κ3) is 2.72. The number of Topliss-reactive ketones (excluding diaryl/α,β-unsaturated/α-hetero) is 1. The highest BCUT2D eigenvalue weighted by atomic mass is 35.5. The second kappa shape index (κ2) is 3.54. The highest BCUT2D eigenvalue weighted by Gasteiger charge is 1.96. The minimum absolute atomic E-state index is 0.0484. The predicted molar refractivity (Wildman–Crippen MR) is 45.5 cm³/mol. The smallest absolute Gasteiger partial charge is 0.138 e. The van der Waals surface area contributed by atoms with E-state index in [2.05, 4.69) is 0 Å². The lowest BCUT2D eigenvalue weighted by atomic mass is 10.1. The number of halogens is 1. The summed E-state index contributed by atoms with van der Waals surface area (Å²) in [5, 5.41) is 0.686. The van der Waals surface area contributed by atoms with Gasteiger partial charge in [0.1, 0.15) is 5.78 Å². The van der Waals surface area contributed by atoms with Crippen LogP contribution in [0.5, 0.6) is 0 Å². The minimum atomic E-state index is 0.0484. The van der Waals surface area contributed by atoms with Crippen molar-refractivity contribution in [2.75, 3.05) is 0 Å². The van der Waals surface area contributed by atoms with E-state index in [1.54, 1.807) is 18.6 Å². The summed E-state index contributed by atoms with van der Waals surface area (Å²) in [6.07, 6.45) is 1.57. The molecule has 1 nitrogen and oxygen atoms in total. The molecule has 1 rings (SSSR count). The van der Waals surface area contributed by atoms with Crippen LogP contribution in [-0.4, -0.2) is 5.78 Å². The molecule has 0 fully saturated rings. The van der Waals surface area contributed by atoms with Gasteiger partial charge in [-0.1, -0.05) is 23.7 Å². The van der Waals surface area contributed by atoms with Crippen molar-refractivity contribution in [1.29, 1.82) is 0 Å². The van der Waals surface area contributed by atoms with E-state index in [1.165, 1.54) is 6.92 Å². The fourth-order valence-corrected chi connectivity index (χ4v) is 0.920. The quantitative estimate of drug-likeness (QED) is 0.662. The Labute approximate surface area is 71.0 Å². The number of rotatable bonds is 2. The van der Waals surface area contributed by atoms with Crippen molar-refractivity contribution in [2.45, 2.75) is 6.92 Å². The number of carbonyl (C=O) groups excluding carboxylic acids is 1. The summed E-state index contributed by atoms with van der Waals surface area (Å²) < 4.78 is 0. The van der Waals surface area contributed by atoms with Crippen LogP contribution in [0.2, 0.25) is 5.02 Å².